The van der Waals surface area contributed by atoms with E-state index in [-0.39, 0.29) is 5.91 Å². The molecule has 1 aromatic heterocycles. The predicted molar refractivity (Wildman–Crippen MR) is 127 cm³/mol. The number of anilines is 1. The van der Waals surface area contributed by atoms with Crippen LogP contribution in [0.15, 0.2) is 66.7 Å². The number of amides is 1. The molecule has 0 aliphatic heterocycles. The summed E-state index contributed by atoms with van der Waals surface area (Å²) in [6, 6.07) is 21.2. The van der Waals surface area contributed by atoms with Gasteiger partial charge in [-0.1, -0.05) is 36.4 Å². The Labute approximate surface area is 191 Å². The minimum atomic E-state index is -0.513. The molecule has 33 heavy (non-hydrogen) atoms. The third-order valence-electron chi connectivity index (χ3n) is 5.89. The molecule has 0 radical (unpaired) electrons. The van der Waals surface area contributed by atoms with Gasteiger partial charge in [0.15, 0.2) is 5.69 Å². The van der Waals surface area contributed by atoms with Crippen molar-refractivity contribution >= 4 is 28.5 Å². The molecule has 7 heteroatoms. The summed E-state index contributed by atoms with van der Waals surface area (Å²) in [5.41, 5.74) is 10.8. The molecule has 5 rings (SSSR count). The summed E-state index contributed by atoms with van der Waals surface area (Å²) >= 11 is 0. The molecular weight excluding hydrogens is 416 g/mol. The molecule has 3 aromatic carbocycles. The Hall–Kier alpha value is -3.97. The molecule has 1 amide bonds. The fourth-order valence-corrected chi connectivity index (χ4v) is 4.03. The van der Waals surface area contributed by atoms with E-state index in [4.69, 9.17) is 10.5 Å². The van der Waals surface area contributed by atoms with E-state index in [1.807, 2.05) is 41.1 Å². The third kappa shape index (κ3) is 3.99. The summed E-state index contributed by atoms with van der Waals surface area (Å²) < 4.78 is 6.78. The summed E-state index contributed by atoms with van der Waals surface area (Å²) in [7, 11) is 1.31. The van der Waals surface area contributed by atoms with Crippen LogP contribution in [0.4, 0.5) is 5.69 Å². The lowest BCUT2D eigenvalue weighted by molar-refractivity contribution is 0.0602. The van der Waals surface area contributed by atoms with Gasteiger partial charge in [-0.2, -0.15) is 5.10 Å². The Bertz CT molecular complexity index is 1370. The van der Waals surface area contributed by atoms with Crippen LogP contribution in [0.25, 0.3) is 22.0 Å². The number of benzene rings is 3. The molecule has 4 aromatic rings. The predicted octanol–water partition coefficient (Wildman–Crippen LogP) is 4.54. The van der Waals surface area contributed by atoms with Gasteiger partial charge in [-0.15, -0.1) is 0 Å². The first-order chi connectivity index (χ1) is 16.1. The highest BCUT2D eigenvalue weighted by atomic mass is 16.5. The lowest BCUT2D eigenvalue weighted by Crippen LogP contribution is -2.16. The van der Waals surface area contributed by atoms with Crippen molar-refractivity contribution < 1.29 is 14.3 Å². The smallest absolute Gasteiger partial charge is 0.339 e. The maximum atomic E-state index is 13.3. The largest absolute Gasteiger partial charge is 0.465 e. The number of rotatable bonds is 6. The van der Waals surface area contributed by atoms with Gasteiger partial charge in [0, 0.05) is 11.9 Å². The minimum absolute atomic E-state index is 0.290. The molecular formula is C26H24N4O3. The van der Waals surface area contributed by atoms with Crippen molar-refractivity contribution in [2.45, 2.75) is 25.4 Å². The SMILES string of the molecule is COC(=O)c1ccccc1NC(=O)c1nn(C2CC2)c2ccc(-c3cccc(CN)c3)cc12. The standard InChI is InChI=1S/C26H24N4O3/c1-33-26(32)20-7-2-3-8-22(20)28-25(31)24-21-14-18(17-6-4-5-16(13-17)15-27)9-12-23(21)30(29-24)19-10-11-19/h2-9,12-14,19H,10-11,15,27H2,1H3,(H,28,31). The summed E-state index contributed by atoms with van der Waals surface area (Å²) in [6.45, 7) is 0.461. The number of aromatic nitrogens is 2. The first-order valence-corrected chi connectivity index (χ1v) is 10.9. The monoisotopic (exact) mass is 440 g/mol. The van der Waals surface area contributed by atoms with Crippen LogP contribution in [-0.2, 0) is 11.3 Å². The van der Waals surface area contributed by atoms with Gasteiger partial charge in [-0.25, -0.2) is 4.79 Å². The molecule has 0 atom stereocenters. The Morgan fingerprint density at radius 2 is 1.85 bits per heavy atom. The number of hydrogen-bond acceptors (Lipinski definition) is 5. The highest BCUT2D eigenvalue weighted by molar-refractivity contribution is 6.13. The van der Waals surface area contributed by atoms with Gasteiger partial charge in [0.2, 0.25) is 0 Å². The van der Waals surface area contributed by atoms with Gasteiger partial charge in [0.25, 0.3) is 5.91 Å². The summed E-state index contributed by atoms with van der Waals surface area (Å²) in [5, 5.41) is 8.30. The number of nitrogens with two attached hydrogens (primary N) is 1. The van der Waals surface area contributed by atoms with E-state index >= 15 is 0 Å². The van der Waals surface area contributed by atoms with Crippen LogP contribution in [0.2, 0.25) is 0 Å². The Morgan fingerprint density at radius 3 is 2.61 bits per heavy atom. The maximum absolute atomic E-state index is 13.3. The van der Waals surface area contributed by atoms with Crippen molar-refractivity contribution in [3.05, 3.63) is 83.6 Å². The number of carbonyl (C=O) groups excluding carboxylic acids is 2. The van der Waals surface area contributed by atoms with E-state index in [2.05, 4.69) is 16.5 Å². The molecule has 1 saturated carbocycles. The van der Waals surface area contributed by atoms with Crippen LogP contribution >= 0.6 is 0 Å². The average molecular weight is 441 g/mol. The van der Waals surface area contributed by atoms with Crippen LogP contribution in [-0.4, -0.2) is 28.8 Å². The number of carbonyl (C=O) groups is 2. The van der Waals surface area contributed by atoms with Crippen LogP contribution < -0.4 is 11.1 Å². The van der Waals surface area contributed by atoms with Gasteiger partial charge in [0.05, 0.1) is 29.9 Å². The Balaban J connectivity index is 1.57. The molecule has 0 spiro atoms. The van der Waals surface area contributed by atoms with Gasteiger partial charge >= 0.3 is 5.97 Å². The van der Waals surface area contributed by atoms with Crippen molar-refractivity contribution in [1.29, 1.82) is 0 Å². The quantitative estimate of drug-likeness (QED) is 0.429. The molecule has 166 valence electrons. The van der Waals surface area contributed by atoms with E-state index in [9.17, 15) is 9.59 Å². The van der Waals surface area contributed by atoms with Crippen molar-refractivity contribution in [3.8, 4) is 11.1 Å². The highest BCUT2D eigenvalue weighted by Gasteiger charge is 2.29. The van der Waals surface area contributed by atoms with Gasteiger partial charge < -0.3 is 15.8 Å². The van der Waals surface area contributed by atoms with Crippen molar-refractivity contribution in [1.82, 2.24) is 9.78 Å². The molecule has 0 unspecified atom stereocenters. The second kappa shape index (κ2) is 8.52. The molecule has 1 aliphatic carbocycles. The molecule has 1 aliphatic rings. The Morgan fingerprint density at radius 1 is 1.06 bits per heavy atom. The molecule has 0 bridgehead atoms. The van der Waals surface area contributed by atoms with E-state index in [1.54, 1.807) is 24.3 Å². The van der Waals surface area contributed by atoms with Gasteiger partial charge in [0.1, 0.15) is 0 Å². The number of hydrogen-bond donors (Lipinski definition) is 2. The number of methoxy groups -OCH3 is 1. The lowest BCUT2D eigenvalue weighted by atomic mass is 10.0. The van der Waals surface area contributed by atoms with Crippen LogP contribution in [0.1, 0.15) is 45.3 Å². The van der Waals surface area contributed by atoms with Crippen LogP contribution in [0, 0.1) is 0 Å². The normalized spacial score (nSPS) is 13.2. The minimum Gasteiger partial charge on any atom is -0.465 e. The molecule has 0 saturated heterocycles. The molecule has 7 nitrogen and oxygen atoms in total. The third-order valence-corrected chi connectivity index (χ3v) is 5.89. The van der Waals surface area contributed by atoms with Crippen LogP contribution in [0.3, 0.4) is 0 Å². The second-order valence-electron chi connectivity index (χ2n) is 8.15. The number of nitrogens with zero attached hydrogens (tertiary/aromatic N) is 2. The second-order valence-corrected chi connectivity index (χ2v) is 8.15. The summed E-state index contributed by atoms with van der Waals surface area (Å²) in [4.78, 5) is 25.5. The number of esters is 1. The topological polar surface area (TPSA) is 99.2 Å². The number of para-hydroxylation sites is 1. The van der Waals surface area contributed by atoms with E-state index < -0.39 is 5.97 Å². The van der Waals surface area contributed by atoms with E-state index in [0.29, 0.717) is 29.5 Å². The zero-order valence-corrected chi connectivity index (χ0v) is 18.2. The van der Waals surface area contributed by atoms with E-state index in [0.717, 1.165) is 40.4 Å². The molecule has 1 fully saturated rings. The van der Waals surface area contributed by atoms with Crippen LogP contribution in [0.5, 0.6) is 0 Å². The van der Waals surface area contributed by atoms with E-state index in [1.165, 1.54) is 7.11 Å². The molecule has 3 N–H and O–H groups in total. The number of fused-ring (bicyclic) bond motifs is 1. The van der Waals surface area contributed by atoms with Crippen molar-refractivity contribution in [2.75, 3.05) is 12.4 Å². The van der Waals surface area contributed by atoms with Gasteiger partial charge in [-0.3, -0.25) is 9.48 Å². The zero-order chi connectivity index (χ0) is 22.9. The maximum Gasteiger partial charge on any atom is 0.339 e. The number of nitrogens with one attached hydrogen (secondary N) is 1. The average Bonchev–Trinajstić information content (AvgIpc) is 3.63. The number of ether oxygens (including phenoxy) is 1. The lowest BCUT2D eigenvalue weighted by Gasteiger charge is -2.09. The highest BCUT2D eigenvalue weighted by Crippen LogP contribution is 2.38. The fourth-order valence-electron chi connectivity index (χ4n) is 4.03. The first-order valence-electron chi connectivity index (χ1n) is 10.9. The zero-order valence-electron chi connectivity index (χ0n) is 18.2. The summed E-state index contributed by atoms with van der Waals surface area (Å²) in [5.74, 6) is -0.884. The fraction of sp³-hybridized carbons (Fsp3) is 0.192. The van der Waals surface area contributed by atoms with Gasteiger partial charge in [-0.05, 0) is 59.9 Å². The molecule has 1 heterocycles. The Kier molecular flexibility index (Phi) is 5.40. The summed E-state index contributed by atoms with van der Waals surface area (Å²) in [6.07, 6.45) is 2.09. The first kappa shape index (κ1) is 20.9. The van der Waals surface area contributed by atoms with Crippen molar-refractivity contribution in [3.63, 3.8) is 0 Å². The van der Waals surface area contributed by atoms with Crippen molar-refractivity contribution in [2.24, 2.45) is 5.73 Å².